The van der Waals surface area contributed by atoms with E-state index < -0.39 is 12.0 Å². The van der Waals surface area contributed by atoms with Gasteiger partial charge in [-0.15, -0.1) is 0 Å². The summed E-state index contributed by atoms with van der Waals surface area (Å²) in [6.45, 7) is 3.91. The lowest BCUT2D eigenvalue weighted by Gasteiger charge is -2.29. The molecule has 2 heterocycles. The zero-order valence-electron chi connectivity index (χ0n) is 17.9. The number of benzene rings is 2. The minimum atomic E-state index is -0.610. The second-order valence-electron chi connectivity index (χ2n) is 7.21. The maximum Gasteiger partial charge on any atom is 0.342 e. The molecule has 4 rings (SSSR count). The first kappa shape index (κ1) is 20.9. The molecule has 160 valence electrons. The topological polar surface area (TPSA) is 65.7 Å². The van der Waals surface area contributed by atoms with Crippen molar-refractivity contribution in [3.05, 3.63) is 71.4 Å². The first-order chi connectivity index (χ1) is 15.0. The second-order valence-corrected chi connectivity index (χ2v) is 8.19. The summed E-state index contributed by atoms with van der Waals surface area (Å²) < 4.78 is 12.5. The smallest absolute Gasteiger partial charge is 0.342 e. The standard InChI is InChI=1S/C24H24N2O4S/c1-5-30-23(28)19-15(2)25(3)24-26(20(19)17-12-9-13-18(14-17)29-4)22(27)21(31-24)16-10-7-6-8-11-16/h6-14,20H,5H2,1-4H3. The molecule has 1 unspecified atom stereocenters. The highest BCUT2D eigenvalue weighted by atomic mass is 32.1. The minimum Gasteiger partial charge on any atom is -0.841 e. The molecule has 1 aliphatic rings. The number of hydrogen-bond acceptors (Lipinski definition) is 6. The normalized spacial score (nSPS) is 15.6. The third-order valence-corrected chi connectivity index (χ3v) is 6.73. The summed E-state index contributed by atoms with van der Waals surface area (Å²) in [5.74, 6) is 0.0928. The average molecular weight is 437 g/mol. The first-order valence-corrected chi connectivity index (χ1v) is 10.9. The van der Waals surface area contributed by atoms with Crippen LogP contribution in [0.2, 0.25) is 0 Å². The molecular formula is C24H24N2O4S. The predicted molar refractivity (Wildman–Crippen MR) is 118 cm³/mol. The molecule has 0 radical (unpaired) electrons. The van der Waals surface area contributed by atoms with Gasteiger partial charge in [0.05, 0.1) is 31.5 Å². The van der Waals surface area contributed by atoms with Crippen molar-refractivity contribution in [2.45, 2.75) is 19.9 Å². The van der Waals surface area contributed by atoms with E-state index in [0.717, 1.165) is 22.0 Å². The van der Waals surface area contributed by atoms with Crippen LogP contribution in [0.15, 0.2) is 65.9 Å². The Balaban J connectivity index is 1.98. The number of aromatic nitrogens is 1. The van der Waals surface area contributed by atoms with E-state index in [0.29, 0.717) is 16.2 Å². The Morgan fingerprint density at radius 3 is 2.61 bits per heavy atom. The lowest BCUT2D eigenvalue weighted by molar-refractivity contribution is -0.728. The van der Waals surface area contributed by atoms with Crippen LogP contribution >= 0.6 is 11.3 Å². The second kappa shape index (κ2) is 8.43. The van der Waals surface area contributed by atoms with Crippen molar-refractivity contribution < 1.29 is 23.9 Å². The van der Waals surface area contributed by atoms with Gasteiger partial charge in [-0.2, -0.15) is 0 Å². The number of hydrogen-bond donors (Lipinski definition) is 0. The van der Waals surface area contributed by atoms with Gasteiger partial charge in [-0.05, 0) is 42.9 Å². The summed E-state index contributed by atoms with van der Waals surface area (Å²) in [6.07, 6.45) is 0. The molecule has 1 atom stereocenters. The molecule has 1 aromatic heterocycles. The number of carbonyl (C=O) groups is 1. The van der Waals surface area contributed by atoms with Gasteiger partial charge in [0, 0.05) is 5.56 Å². The Bertz CT molecular complexity index is 1150. The van der Waals surface area contributed by atoms with Crippen LogP contribution in [-0.4, -0.2) is 26.7 Å². The number of rotatable bonds is 5. The molecule has 6 nitrogen and oxygen atoms in total. The third-order valence-electron chi connectivity index (χ3n) is 5.46. The van der Waals surface area contributed by atoms with Crippen molar-refractivity contribution in [2.24, 2.45) is 0 Å². The van der Waals surface area contributed by atoms with Gasteiger partial charge in [0.15, 0.2) is 6.04 Å². The molecule has 31 heavy (non-hydrogen) atoms. The summed E-state index contributed by atoms with van der Waals surface area (Å²) in [7, 11) is 3.46. The predicted octanol–water partition coefficient (Wildman–Crippen LogP) is 3.66. The van der Waals surface area contributed by atoms with Crippen LogP contribution < -0.4 is 19.3 Å². The zero-order chi connectivity index (χ0) is 22.1. The van der Waals surface area contributed by atoms with Gasteiger partial charge in [-0.25, -0.2) is 14.3 Å². The maximum absolute atomic E-state index is 13.7. The van der Waals surface area contributed by atoms with Crippen LogP contribution in [0.25, 0.3) is 10.4 Å². The van der Waals surface area contributed by atoms with E-state index in [4.69, 9.17) is 9.47 Å². The monoisotopic (exact) mass is 436 g/mol. The molecule has 0 aliphatic carbocycles. The van der Waals surface area contributed by atoms with Crippen molar-refractivity contribution in [1.29, 1.82) is 0 Å². The molecule has 0 N–H and O–H groups in total. The highest BCUT2D eigenvalue weighted by Gasteiger charge is 2.43. The average Bonchev–Trinajstić information content (AvgIpc) is 3.14. The highest BCUT2D eigenvalue weighted by molar-refractivity contribution is 7.18. The molecule has 0 amide bonds. The number of ether oxygens (including phenoxy) is 2. The molecule has 1 aliphatic heterocycles. The van der Waals surface area contributed by atoms with Crippen molar-refractivity contribution in [3.8, 4) is 22.1 Å². The van der Waals surface area contributed by atoms with Crippen molar-refractivity contribution in [1.82, 2.24) is 0 Å². The van der Waals surface area contributed by atoms with Crippen LogP contribution in [0.3, 0.4) is 0 Å². The number of anilines is 1. The first-order valence-electron chi connectivity index (χ1n) is 10.0. The Morgan fingerprint density at radius 2 is 1.94 bits per heavy atom. The lowest BCUT2D eigenvalue weighted by Crippen LogP contribution is -2.51. The third kappa shape index (κ3) is 3.55. The fourth-order valence-corrected chi connectivity index (χ4v) is 5.04. The van der Waals surface area contributed by atoms with Crippen LogP contribution in [0, 0.1) is 0 Å². The summed E-state index contributed by atoms with van der Waals surface area (Å²) in [5, 5.41) is 14.4. The number of fused-ring (bicyclic) bond motifs is 1. The quantitative estimate of drug-likeness (QED) is 0.451. The largest absolute Gasteiger partial charge is 0.841 e. The van der Waals surface area contributed by atoms with Crippen LogP contribution in [0.1, 0.15) is 25.5 Å². The van der Waals surface area contributed by atoms with E-state index in [1.165, 1.54) is 11.3 Å². The molecule has 0 bridgehead atoms. The van der Waals surface area contributed by atoms with Gasteiger partial charge >= 0.3 is 11.1 Å². The highest BCUT2D eigenvalue weighted by Crippen LogP contribution is 2.44. The Morgan fingerprint density at radius 1 is 1.19 bits per heavy atom. The summed E-state index contributed by atoms with van der Waals surface area (Å²) in [5.41, 5.74) is 2.85. The van der Waals surface area contributed by atoms with E-state index in [1.54, 1.807) is 18.6 Å². The van der Waals surface area contributed by atoms with Crippen LogP contribution in [0.4, 0.5) is 5.13 Å². The Labute approximate surface area is 185 Å². The van der Waals surface area contributed by atoms with Gasteiger partial charge in [-0.3, -0.25) is 0 Å². The minimum absolute atomic E-state index is 0.139. The number of nitrogens with zero attached hydrogens (tertiary/aromatic N) is 2. The molecule has 0 spiro atoms. The van der Waals surface area contributed by atoms with E-state index in [2.05, 4.69) is 0 Å². The van der Waals surface area contributed by atoms with Crippen molar-refractivity contribution in [3.63, 3.8) is 0 Å². The van der Waals surface area contributed by atoms with Gasteiger partial charge in [0.2, 0.25) is 0 Å². The van der Waals surface area contributed by atoms with Crippen molar-refractivity contribution >= 4 is 22.4 Å². The molecule has 0 saturated heterocycles. The van der Waals surface area contributed by atoms with Gasteiger partial charge in [0.1, 0.15) is 17.0 Å². The number of allylic oxidation sites excluding steroid dienone is 1. The fourth-order valence-electron chi connectivity index (χ4n) is 3.86. The van der Waals surface area contributed by atoms with Crippen LogP contribution in [-0.2, 0) is 9.53 Å². The molecule has 2 aromatic carbocycles. The zero-order valence-corrected chi connectivity index (χ0v) is 18.7. The lowest BCUT2D eigenvalue weighted by atomic mass is 9.94. The van der Waals surface area contributed by atoms with Crippen molar-refractivity contribution in [2.75, 3.05) is 25.7 Å². The summed E-state index contributed by atoms with van der Waals surface area (Å²) in [6, 6.07) is 16.4. The molecular weight excluding hydrogens is 412 g/mol. The maximum atomic E-state index is 13.7. The number of methoxy groups -OCH3 is 1. The van der Waals surface area contributed by atoms with Gasteiger partial charge < -0.3 is 14.6 Å². The van der Waals surface area contributed by atoms with Gasteiger partial charge in [-0.1, -0.05) is 42.5 Å². The fraction of sp³-hybridized carbons (Fsp3) is 0.250. The SMILES string of the molecule is CCOC(=O)C1=C(C)N(C)c2sc(-c3ccccc3)c([O-])[n+]2C1c1cccc(OC)c1. The molecule has 0 fully saturated rings. The molecule has 0 saturated carbocycles. The molecule has 3 aromatic rings. The Hall–Kier alpha value is -3.32. The summed E-state index contributed by atoms with van der Waals surface area (Å²) in [4.78, 5) is 15.6. The van der Waals surface area contributed by atoms with E-state index >= 15 is 0 Å². The Kier molecular flexibility index (Phi) is 5.69. The number of thiazole rings is 1. The van der Waals surface area contributed by atoms with Crippen LogP contribution in [0.5, 0.6) is 11.6 Å². The van der Waals surface area contributed by atoms with E-state index in [9.17, 15) is 9.90 Å². The molecule has 7 heteroatoms. The number of esters is 1. The summed E-state index contributed by atoms with van der Waals surface area (Å²) >= 11 is 1.42. The van der Waals surface area contributed by atoms with E-state index in [1.807, 2.05) is 73.5 Å². The van der Waals surface area contributed by atoms with Gasteiger partial charge in [0.25, 0.3) is 0 Å². The number of carbonyl (C=O) groups excluding carboxylic acids is 1. The van der Waals surface area contributed by atoms with E-state index in [-0.39, 0.29) is 12.5 Å².